The first-order chi connectivity index (χ1) is 10.6. The number of rotatable bonds is 3. The molecule has 3 nitrogen and oxygen atoms in total. The van der Waals surface area contributed by atoms with Gasteiger partial charge in [0.1, 0.15) is 0 Å². The number of aryl methyl sites for hydroxylation is 2. The first-order valence-corrected chi connectivity index (χ1v) is 7.49. The third kappa shape index (κ3) is 2.72. The number of halogens is 1. The molecule has 2 aromatic carbocycles. The van der Waals surface area contributed by atoms with Crippen molar-refractivity contribution in [3.63, 3.8) is 0 Å². The predicted molar refractivity (Wildman–Crippen MR) is 91.3 cm³/mol. The lowest BCUT2D eigenvalue weighted by Crippen LogP contribution is -2.11. The lowest BCUT2D eigenvalue weighted by molar-refractivity contribution is -0.355. The molecule has 0 amide bonds. The van der Waals surface area contributed by atoms with Gasteiger partial charge in [-0.05, 0) is 36.8 Å². The molecular formula is C18H18ClN2O+. The van der Waals surface area contributed by atoms with E-state index in [0.29, 0.717) is 0 Å². The smallest absolute Gasteiger partial charge is 0.255 e. The van der Waals surface area contributed by atoms with Crippen LogP contribution in [0.25, 0.3) is 10.9 Å². The Balaban J connectivity index is 2.12. The molecule has 0 aliphatic heterocycles. The summed E-state index contributed by atoms with van der Waals surface area (Å²) in [4.78, 5) is 3.36. The summed E-state index contributed by atoms with van der Waals surface area (Å²) in [6, 6.07) is 14.0. The molecule has 22 heavy (non-hydrogen) atoms. The van der Waals surface area contributed by atoms with Gasteiger partial charge in [0, 0.05) is 23.7 Å². The van der Waals surface area contributed by atoms with Crippen molar-refractivity contribution in [1.29, 1.82) is 0 Å². The molecular weight excluding hydrogens is 296 g/mol. The second-order valence-electron chi connectivity index (χ2n) is 5.34. The normalized spacial score (nSPS) is 10.7. The fourth-order valence-electron chi connectivity index (χ4n) is 2.51. The van der Waals surface area contributed by atoms with Gasteiger partial charge in [-0.2, -0.15) is 0 Å². The van der Waals surface area contributed by atoms with Gasteiger partial charge in [0.05, 0.1) is 18.2 Å². The van der Waals surface area contributed by atoms with Crippen molar-refractivity contribution >= 4 is 33.9 Å². The summed E-state index contributed by atoms with van der Waals surface area (Å²) in [6.07, 6.45) is 0. The summed E-state index contributed by atoms with van der Waals surface area (Å²) in [5.41, 5.74) is 5.08. The van der Waals surface area contributed by atoms with Crippen molar-refractivity contribution in [2.24, 2.45) is 0 Å². The molecule has 0 saturated heterocycles. The summed E-state index contributed by atoms with van der Waals surface area (Å²) in [5.74, 6) is 0.825. The summed E-state index contributed by atoms with van der Waals surface area (Å²) in [7, 11) is 1.68. The van der Waals surface area contributed by atoms with Crippen molar-refractivity contribution in [3.05, 3.63) is 58.7 Å². The molecule has 0 fully saturated rings. The highest BCUT2D eigenvalue weighted by molar-refractivity contribution is 6.31. The van der Waals surface area contributed by atoms with Crippen molar-refractivity contribution in [2.75, 3.05) is 12.4 Å². The van der Waals surface area contributed by atoms with Crippen LogP contribution < -0.4 is 15.0 Å². The van der Waals surface area contributed by atoms with E-state index in [2.05, 4.69) is 22.4 Å². The molecule has 0 radical (unpaired) electrons. The van der Waals surface area contributed by atoms with Crippen LogP contribution in [0, 0.1) is 13.8 Å². The summed E-state index contributed by atoms with van der Waals surface area (Å²) < 4.78 is 5.44. The van der Waals surface area contributed by atoms with Crippen LogP contribution >= 0.6 is 11.6 Å². The standard InChI is InChI=1S/C18H17ClN2O/c1-11-7-8-13(10-15(11)19)21-16-9-12(2)20-18-14(16)5-4-6-17(18)22-3/h4-10H,1-3H3,(H,20,21)/p+1. The Morgan fingerprint density at radius 2 is 1.91 bits per heavy atom. The summed E-state index contributed by atoms with van der Waals surface area (Å²) in [5, 5.41) is 5.27. The third-order valence-electron chi connectivity index (χ3n) is 3.67. The van der Waals surface area contributed by atoms with Gasteiger partial charge < -0.3 is 10.1 Å². The molecule has 0 aliphatic carbocycles. The Morgan fingerprint density at radius 1 is 1.09 bits per heavy atom. The molecule has 4 heteroatoms. The zero-order valence-electron chi connectivity index (χ0n) is 12.8. The zero-order chi connectivity index (χ0) is 15.7. The predicted octanol–water partition coefficient (Wildman–Crippen LogP) is 4.68. The van der Waals surface area contributed by atoms with E-state index in [9.17, 15) is 0 Å². The number of para-hydroxylation sites is 1. The molecule has 1 heterocycles. The molecule has 0 bridgehead atoms. The van der Waals surface area contributed by atoms with Gasteiger partial charge in [-0.1, -0.05) is 23.7 Å². The van der Waals surface area contributed by atoms with Crippen molar-refractivity contribution in [1.82, 2.24) is 0 Å². The number of anilines is 2. The number of pyridine rings is 1. The minimum absolute atomic E-state index is 0.756. The van der Waals surface area contributed by atoms with Gasteiger partial charge in [0.15, 0.2) is 11.4 Å². The number of hydrogen-bond acceptors (Lipinski definition) is 2. The number of nitrogens with one attached hydrogen (secondary N) is 2. The van der Waals surface area contributed by atoms with E-state index in [1.165, 1.54) is 0 Å². The average Bonchev–Trinajstić information content (AvgIpc) is 2.50. The molecule has 0 atom stereocenters. The van der Waals surface area contributed by atoms with Crippen LogP contribution in [0.2, 0.25) is 5.02 Å². The van der Waals surface area contributed by atoms with Gasteiger partial charge in [-0.3, -0.25) is 0 Å². The van der Waals surface area contributed by atoms with E-state index in [1.54, 1.807) is 7.11 Å². The van der Waals surface area contributed by atoms with Crippen LogP contribution in [-0.4, -0.2) is 7.11 Å². The van der Waals surface area contributed by atoms with E-state index in [0.717, 1.165) is 44.3 Å². The van der Waals surface area contributed by atoms with Crippen molar-refractivity contribution in [2.45, 2.75) is 13.8 Å². The second kappa shape index (κ2) is 5.85. The van der Waals surface area contributed by atoms with E-state index < -0.39 is 0 Å². The van der Waals surface area contributed by atoms with E-state index in [-0.39, 0.29) is 0 Å². The SMILES string of the molecule is COc1cccc2c(Nc3ccc(C)c(Cl)c3)cc(C)[nH+]c12. The second-order valence-corrected chi connectivity index (χ2v) is 5.75. The lowest BCUT2D eigenvalue weighted by atomic mass is 10.1. The quantitative estimate of drug-likeness (QED) is 0.762. The lowest BCUT2D eigenvalue weighted by Gasteiger charge is -2.10. The number of fused-ring (bicyclic) bond motifs is 1. The molecule has 112 valence electrons. The highest BCUT2D eigenvalue weighted by Gasteiger charge is 2.14. The fourth-order valence-corrected chi connectivity index (χ4v) is 2.69. The minimum Gasteiger partial charge on any atom is -0.490 e. The van der Waals surface area contributed by atoms with Gasteiger partial charge in [-0.15, -0.1) is 0 Å². The number of H-pyrrole nitrogens is 1. The third-order valence-corrected chi connectivity index (χ3v) is 4.08. The Labute approximate surface area is 134 Å². The summed E-state index contributed by atoms with van der Waals surface area (Å²) in [6.45, 7) is 4.02. The zero-order valence-corrected chi connectivity index (χ0v) is 13.6. The topological polar surface area (TPSA) is 35.4 Å². The van der Waals surface area contributed by atoms with Crippen LogP contribution in [-0.2, 0) is 0 Å². The van der Waals surface area contributed by atoms with E-state index >= 15 is 0 Å². The van der Waals surface area contributed by atoms with Gasteiger partial charge in [0.2, 0.25) is 0 Å². The maximum atomic E-state index is 6.21. The van der Waals surface area contributed by atoms with E-state index in [1.807, 2.05) is 44.2 Å². The van der Waals surface area contributed by atoms with Crippen molar-refractivity contribution < 1.29 is 9.72 Å². The van der Waals surface area contributed by atoms with E-state index in [4.69, 9.17) is 16.3 Å². The van der Waals surface area contributed by atoms with Gasteiger partial charge in [-0.25, -0.2) is 4.98 Å². The molecule has 0 spiro atoms. The first-order valence-electron chi connectivity index (χ1n) is 7.11. The number of ether oxygens (including phenoxy) is 1. The largest absolute Gasteiger partial charge is 0.490 e. The number of benzene rings is 2. The maximum Gasteiger partial charge on any atom is 0.255 e. The number of aromatic amines is 1. The monoisotopic (exact) mass is 313 g/mol. The van der Waals surface area contributed by atoms with Crippen LogP contribution in [0.15, 0.2) is 42.5 Å². The Kier molecular flexibility index (Phi) is 3.90. The average molecular weight is 314 g/mol. The van der Waals surface area contributed by atoms with Crippen LogP contribution in [0.3, 0.4) is 0 Å². The summed E-state index contributed by atoms with van der Waals surface area (Å²) >= 11 is 6.21. The fraction of sp³-hybridized carbons (Fsp3) is 0.167. The van der Waals surface area contributed by atoms with Crippen LogP contribution in [0.4, 0.5) is 11.4 Å². The molecule has 0 unspecified atom stereocenters. The first kappa shape index (κ1) is 14.7. The Morgan fingerprint density at radius 3 is 2.64 bits per heavy atom. The minimum atomic E-state index is 0.756. The molecule has 3 rings (SSSR count). The number of methoxy groups -OCH3 is 1. The number of aromatic nitrogens is 1. The molecule has 1 aromatic heterocycles. The Hall–Kier alpha value is -2.26. The molecule has 3 aromatic rings. The van der Waals surface area contributed by atoms with Crippen LogP contribution in [0.1, 0.15) is 11.3 Å². The Bertz CT molecular complexity index is 846. The van der Waals surface area contributed by atoms with Crippen LogP contribution in [0.5, 0.6) is 5.75 Å². The van der Waals surface area contributed by atoms with Crippen molar-refractivity contribution in [3.8, 4) is 5.75 Å². The molecule has 0 aliphatic rings. The molecule has 2 N–H and O–H groups in total. The maximum absolute atomic E-state index is 6.21. The van der Waals surface area contributed by atoms with Gasteiger partial charge >= 0.3 is 0 Å². The number of hydrogen-bond donors (Lipinski definition) is 1. The van der Waals surface area contributed by atoms with Gasteiger partial charge in [0.25, 0.3) is 5.52 Å². The highest BCUT2D eigenvalue weighted by atomic mass is 35.5. The highest BCUT2D eigenvalue weighted by Crippen LogP contribution is 2.30. The molecule has 0 saturated carbocycles.